The number of nitrogens with zero attached hydrogens (tertiary/aromatic N) is 1. The van der Waals surface area contributed by atoms with Gasteiger partial charge in [0.15, 0.2) is 0 Å². The fraction of sp³-hybridized carbons (Fsp3) is 0.909. The van der Waals surface area contributed by atoms with E-state index in [9.17, 15) is 0 Å². The van der Waals surface area contributed by atoms with Gasteiger partial charge in [-0.1, -0.05) is 41.5 Å². The van der Waals surface area contributed by atoms with Crippen LogP contribution in [0.3, 0.4) is 0 Å². The summed E-state index contributed by atoms with van der Waals surface area (Å²) in [6.45, 7) is 13.6. The highest BCUT2D eigenvalue weighted by atomic mass is 32.2. The van der Waals surface area contributed by atoms with Gasteiger partial charge >= 0.3 is 0 Å². The molecule has 0 saturated heterocycles. The second-order valence-electron chi connectivity index (χ2n) is 5.95. The summed E-state index contributed by atoms with van der Waals surface area (Å²) in [5.74, 6) is 0. The molecule has 0 aromatic rings. The number of hydrogen-bond donors (Lipinski definition) is 0. The van der Waals surface area contributed by atoms with Crippen molar-refractivity contribution in [2.24, 2.45) is 15.2 Å². The predicted octanol–water partition coefficient (Wildman–Crippen LogP) is 3.94. The van der Waals surface area contributed by atoms with E-state index in [0.29, 0.717) is 10.7 Å². The van der Waals surface area contributed by atoms with Gasteiger partial charge in [-0.25, -0.2) is 4.40 Å². The Morgan fingerprint density at radius 1 is 1.15 bits per heavy atom. The van der Waals surface area contributed by atoms with Crippen LogP contribution in [-0.2, 0) is 0 Å². The Hall–Kier alpha value is 0.0200. The summed E-state index contributed by atoms with van der Waals surface area (Å²) >= 11 is 1.77. The molecule has 2 heteroatoms. The fourth-order valence-corrected chi connectivity index (χ4v) is 2.44. The zero-order valence-electron chi connectivity index (χ0n) is 9.64. The molecule has 1 heterocycles. The highest BCUT2D eigenvalue weighted by Gasteiger charge is 2.34. The van der Waals surface area contributed by atoms with Gasteiger partial charge in [0.05, 0.1) is 0 Å². The van der Waals surface area contributed by atoms with Crippen molar-refractivity contribution in [2.75, 3.05) is 0 Å². The summed E-state index contributed by atoms with van der Waals surface area (Å²) in [5.41, 5.74) is 2.01. The molecule has 0 N–H and O–H groups in total. The van der Waals surface area contributed by atoms with Crippen LogP contribution in [0.1, 0.15) is 48.0 Å². The minimum absolute atomic E-state index is 0.257. The van der Waals surface area contributed by atoms with E-state index in [0.717, 1.165) is 6.42 Å². The third-order valence-corrected chi connectivity index (χ3v) is 3.95. The predicted molar refractivity (Wildman–Crippen MR) is 62.3 cm³/mol. The zero-order valence-corrected chi connectivity index (χ0v) is 10.5. The second-order valence-corrected chi connectivity index (χ2v) is 6.91. The molecule has 1 unspecified atom stereocenters. The fourth-order valence-electron chi connectivity index (χ4n) is 1.28. The molecule has 1 nitrogen and oxygen atoms in total. The topological polar surface area (TPSA) is 12.4 Å². The molecule has 0 bridgehead atoms. The zero-order chi connectivity index (χ0) is 10.3. The molecule has 0 amide bonds. The van der Waals surface area contributed by atoms with E-state index < -0.39 is 0 Å². The third kappa shape index (κ3) is 2.73. The van der Waals surface area contributed by atoms with Crippen molar-refractivity contribution in [3.05, 3.63) is 0 Å². The molecule has 0 radical (unpaired) electrons. The summed E-state index contributed by atoms with van der Waals surface area (Å²) in [7, 11) is 0. The van der Waals surface area contributed by atoms with Gasteiger partial charge in [-0.15, -0.1) is 0 Å². The molecular formula is C11H21NS. The largest absolute Gasteiger partial charge is 0.225 e. The van der Waals surface area contributed by atoms with Crippen LogP contribution in [0.2, 0.25) is 0 Å². The van der Waals surface area contributed by atoms with Gasteiger partial charge in [-0.2, -0.15) is 0 Å². The van der Waals surface area contributed by atoms with Crippen molar-refractivity contribution < 1.29 is 0 Å². The first-order valence-electron chi connectivity index (χ1n) is 4.94. The molecule has 0 aromatic carbocycles. The van der Waals surface area contributed by atoms with Crippen LogP contribution in [0.4, 0.5) is 0 Å². The lowest BCUT2D eigenvalue weighted by molar-refractivity contribution is 0.398. The molecule has 0 spiro atoms. The molecule has 1 atom stereocenters. The Morgan fingerprint density at radius 2 is 1.69 bits per heavy atom. The lowest BCUT2D eigenvalue weighted by Gasteiger charge is -2.26. The lowest BCUT2D eigenvalue weighted by Crippen LogP contribution is -2.26. The van der Waals surface area contributed by atoms with Crippen molar-refractivity contribution >= 4 is 17.7 Å². The average Bonchev–Trinajstić information content (AvgIpc) is 2.28. The van der Waals surface area contributed by atoms with Crippen molar-refractivity contribution in [1.29, 1.82) is 0 Å². The smallest absolute Gasteiger partial charge is 0.0367 e. The van der Waals surface area contributed by atoms with Gasteiger partial charge in [0.1, 0.15) is 0 Å². The molecule has 1 rings (SSSR count). The summed E-state index contributed by atoms with van der Waals surface area (Å²) in [4.78, 5) is 0. The molecule has 13 heavy (non-hydrogen) atoms. The first-order chi connectivity index (χ1) is 5.71. The average molecular weight is 199 g/mol. The Kier molecular flexibility index (Phi) is 2.82. The van der Waals surface area contributed by atoms with Crippen LogP contribution in [0.5, 0.6) is 0 Å². The van der Waals surface area contributed by atoms with Gasteiger partial charge in [0.25, 0.3) is 0 Å². The molecule has 76 valence electrons. The van der Waals surface area contributed by atoms with Gasteiger partial charge in [0.2, 0.25) is 0 Å². The molecule has 0 aliphatic carbocycles. The molecule has 0 aromatic heterocycles. The van der Waals surface area contributed by atoms with Crippen LogP contribution in [0, 0.1) is 10.8 Å². The Bertz CT molecular complexity index is 217. The third-order valence-electron chi connectivity index (χ3n) is 2.50. The van der Waals surface area contributed by atoms with Crippen molar-refractivity contribution in [3.63, 3.8) is 0 Å². The summed E-state index contributed by atoms with van der Waals surface area (Å²) < 4.78 is 4.59. The van der Waals surface area contributed by atoms with Crippen LogP contribution in [-0.4, -0.2) is 11.0 Å². The molecule has 0 saturated carbocycles. The number of hydrogen-bond acceptors (Lipinski definition) is 2. The normalized spacial score (nSPS) is 24.8. The molecule has 1 aliphatic heterocycles. The van der Waals surface area contributed by atoms with E-state index in [1.165, 1.54) is 5.71 Å². The van der Waals surface area contributed by atoms with E-state index in [4.69, 9.17) is 0 Å². The maximum absolute atomic E-state index is 4.59. The van der Waals surface area contributed by atoms with Crippen LogP contribution in [0.25, 0.3) is 0 Å². The molecule has 0 fully saturated rings. The van der Waals surface area contributed by atoms with Gasteiger partial charge < -0.3 is 0 Å². The first-order valence-corrected chi connectivity index (χ1v) is 5.78. The quantitative estimate of drug-likeness (QED) is 0.538. The second kappa shape index (κ2) is 3.30. The molecule has 1 aliphatic rings. The Morgan fingerprint density at radius 3 is 1.92 bits per heavy atom. The van der Waals surface area contributed by atoms with Crippen LogP contribution < -0.4 is 0 Å². The van der Waals surface area contributed by atoms with Gasteiger partial charge in [-0.3, -0.25) is 0 Å². The van der Waals surface area contributed by atoms with E-state index >= 15 is 0 Å². The van der Waals surface area contributed by atoms with Crippen LogP contribution in [0.15, 0.2) is 4.40 Å². The van der Waals surface area contributed by atoms with Crippen LogP contribution >= 0.6 is 11.9 Å². The van der Waals surface area contributed by atoms with Gasteiger partial charge in [-0.05, 0) is 17.4 Å². The number of rotatable bonds is 0. The lowest BCUT2D eigenvalue weighted by atomic mass is 9.82. The van der Waals surface area contributed by atoms with E-state index in [-0.39, 0.29) is 5.41 Å². The summed E-state index contributed by atoms with van der Waals surface area (Å²) in [5, 5.41) is 0.668. The Balaban J connectivity index is 2.63. The highest BCUT2D eigenvalue weighted by Crippen LogP contribution is 2.41. The summed E-state index contributed by atoms with van der Waals surface area (Å²) in [6.07, 6.45) is 1.16. The first kappa shape index (κ1) is 11.1. The van der Waals surface area contributed by atoms with Crippen molar-refractivity contribution in [1.82, 2.24) is 0 Å². The van der Waals surface area contributed by atoms with E-state index in [2.05, 4.69) is 45.9 Å². The highest BCUT2D eigenvalue weighted by molar-refractivity contribution is 7.99. The molecular weight excluding hydrogens is 178 g/mol. The Labute approximate surface area is 86.5 Å². The van der Waals surface area contributed by atoms with Crippen molar-refractivity contribution in [3.8, 4) is 0 Å². The SMILES string of the molecule is CC(C)(C)C1=NSC(C(C)(C)C)C1. The van der Waals surface area contributed by atoms with E-state index in [1.807, 2.05) is 0 Å². The summed E-state index contributed by atoms with van der Waals surface area (Å²) in [6, 6.07) is 0. The maximum Gasteiger partial charge on any atom is 0.0367 e. The van der Waals surface area contributed by atoms with Gasteiger partial charge in [0, 0.05) is 22.8 Å². The van der Waals surface area contributed by atoms with Crippen molar-refractivity contribution in [2.45, 2.75) is 53.2 Å². The minimum atomic E-state index is 0.257. The van der Waals surface area contributed by atoms with E-state index in [1.54, 1.807) is 11.9 Å². The minimum Gasteiger partial charge on any atom is -0.225 e. The standard InChI is InChI=1S/C11H21NS/c1-10(2,3)8-7-9(13-12-8)11(4,5)6/h9H,7H2,1-6H3. The maximum atomic E-state index is 4.59. The monoisotopic (exact) mass is 199 g/mol.